The molecule has 0 aliphatic carbocycles. The summed E-state index contributed by atoms with van der Waals surface area (Å²) >= 11 is 0. The van der Waals surface area contributed by atoms with Crippen LogP contribution in [0.5, 0.6) is 0 Å². The molecule has 0 unspecified atom stereocenters. The Kier molecular flexibility index (Phi) is 10.3. The first-order valence-corrected chi connectivity index (χ1v) is 8.62. The summed E-state index contributed by atoms with van der Waals surface area (Å²) < 4.78 is 5.29. The van der Waals surface area contributed by atoms with Crippen LogP contribution < -0.4 is 16.0 Å². The van der Waals surface area contributed by atoms with E-state index in [0.717, 1.165) is 37.7 Å². The van der Waals surface area contributed by atoms with E-state index >= 15 is 0 Å². The van der Waals surface area contributed by atoms with Gasteiger partial charge < -0.3 is 20.7 Å². The van der Waals surface area contributed by atoms with Crippen LogP contribution in [0, 0.1) is 6.92 Å². The van der Waals surface area contributed by atoms with Gasteiger partial charge in [0.2, 0.25) is 0 Å². The predicted molar refractivity (Wildman–Crippen MR) is 98.6 cm³/mol. The van der Waals surface area contributed by atoms with Gasteiger partial charge in [-0.25, -0.2) is 0 Å². The zero-order chi connectivity index (χ0) is 17.6. The maximum atomic E-state index is 12.0. The minimum Gasteiger partial charge on any atom is -0.382 e. The van der Waals surface area contributed by atoms with E-state index < -0.39 is 0 Å². The van der Waals surface area contributed by atoms with Gasteiger partial charge in [0.05, 0.1) is 0 Å². The number of amides is 1. The number of rotatable bonds is 10. The molecule has 24 heavy (non-hydrogen) atoms. The lowest BCUT2D eigenvalue weighted by molar-refractivity contribution is 0.0954. The third-order valence-electron chi connectivity index (χ3n) is 3.25. The van der Waals surface area contributed by atoms with E-state index in [1.165, 1.54) is 0 Å². The number of carbonyl (C=O) groups excluding carboxylic acids is 1. The monoisotopic (exact) mass is 334 g/mol. The molecule has 1 aromatic carbocycles. The molecule has 1 aromatic rings. The number of hydrogen-bond donors (Lipinski definition) is 3. The Morgan fingerprint density at radius 2 is 1.96 bits per heavy atom. The van der Waals surface area contributed by atoms with E-state index in [4.69, 9.17) is 4.74 Å². The topological polar surface area (TPSA) is 74.8 Å². The van der Waals surface area contributed by atoms with Crippen LogP contribution in [0.3, 0.4) is 0 Å². The molecule has 0 bridgehead atoms. The quantitative estimate of drug-likeness (QED) is 0.346. The van der Waals surface area contributed by atoms with Crippen molar-refractivity contribution in [2.45, 2.75) is 27.2 Å². The summed E-state index contributed by atoms with van der Waals surface area (Å²) in [6.45, 7) is 10.1. The summed E-state index contributed by atoms with van der Waals surface area (Å²) in [5, 5.41) is 9.30. The van der Waals surface area contributed by atoms with Gasteiger partial charge in [0, 0.05) is 45.0 Å². The van der Waals surface area contributed by atoms with Crippen LogP contribution >= 0.6 is 0 Å². The van der Waals surface area contributed by atoms with Crippen molar-refractivity contribution in [3.63, 3.8) is 0 Å². The highest BCUT2D eigenvalue weighted by atomic mass is 16.5. The minimum absolute atomic E-state index is 0.0563. The van der Waals surface area contributed by atoms with Crippen LogP contribution in [0.1, 0.15) is 36.2 Å². The van der Waals surface area contributed by atoms with Crippen molar-refractivity contribution in [1.29, 1.82) is 0 Å². The molecule has 0 heterocycles. The molecule has 0 fully saturated rings. The van der Waals surface area contributed by atoms with Crippen LogP contribution in [-0.4, -0.2) is 51.3 Å². The summed E-state index contributed by atoms with van der Waals surface area (Å²) in [7, 11) is 0. The lowest BCUT2D eigenvalue weighted by Crippen LogP contribution is -2.41. The van der Waals surface area contributed by atoms with Crippen LogP contribution in [0.25, 0.3) is 0 Å². The number of nitrogens with zero attached hydrogens (tertiary/aromatic N) is 1. The average Bonchev–Trinajstić information content (AvgIpc) is 2.58. The fourth-order valence-corrected chi connectivity index (χ4v) is 2.09. The van der Waals surface area contributed by atoms with Crippen LogP contribution in [0.2, 0.25) is 0 Å². The molecule has 1 amide bonds. The Bertz CT molecular complexity index is 517. The molecule has 0 atom stereocenters. The Morgan fingerprint density at radius 3 is 2.67 bits per heavy atom. The van der Waals surface area contributed by atoms with E-state index in [1.807, 2.05) is 45.0 Å². The molecule has 0 spiro atoms. The van der Waals surface area contributed by atoms with Gasteiger partial charge in [0.1, 0.15) is 0 Å². The second-order valence-electron chi connectivity index (χ2n) is 5.36. The number of nitrogens with one attached hydrogen (secondary N) is 3. The molecule has 3 N–H and O–H groups in total. The van der Waals surface area contributed by atoms with Crippen molar-refractivity contribution in [1.82, 2.24) is 16.0 Å². The first-order valence-electron chi connectivity index (χ1n) is 8.62. The molecule has 0 aromatic heterocycles. The van der Waals surface area contributed by atoms with Crippen molar-refractivity contribution < 1.29 is 9.53 Å². The lowest BCUT2D eigenvalue weighted by Gasteiger charge is -2.12. The minimum atomic E-state index is -0.0563. The van der Waals surface area contributed by atoms with Gasteiger partial charge in [-0.3, -0.25) is 9.79 Å². The largest absolute Gasteiger partial charge is 0.382 e. The fraction of sp³-hybridized carbons (Fsp3) is 0.556. The summed E-state index contributed by atoms with van der Waals surface area (Å²) in [6, 6.07) is 7.57. The highest BCUT2D eigenvalue weighted by Gasteiger charge is 2.04. The molecule has 6 heteroatoms. The predicted octanol–water partition coefficient (Wildman–Crippen LogP) is 1.71. The summed E-state index contributed by atoms with van der Waals surface area (Å²) in [4.78, 5) is 16.5. The highest BCUT2D eigenvalue weighted by molar-refractivity contribution is 5.94. The smallest absolute Gasteiger partial charge is 0.251 e. The van der Waals surface area contributed by atoms with Crippen LogP contribution in [-0.2, 0) is 4.74 Å². The number of aliphatic imine (C=N–C) groups is 1. The van der Waals surface area contributed by atoms with Crippen LogP contribution in [0.4, 0.5) is 0 Å². The fourth-order valence-electron chi connectivity index (χ4n) is 2.09. The Morgan fingerprint density at radius 1 is 1.17 bits per heavy atom. The lowest BCUT2D eigenvalue weighted by atomic mass is 10.1. The molecule has 0 aliphatic heterocycles. The van der Waals surface area contributed by atoms with Crippen molar-refractivity contribution in [3.8, 4) is 0 Å². The molecule has 0 radical (unpaired) electrons. The number of guanidine groups is 1. The van der Waals surface area contributed by atoms with Gasteiger partial charge >= 0.3 is 0 Å². The number of ether oxygens (including phenoxy) is 1. The summed E-state index contributed by atoms with van der Waals surface area (Å²) in [6.07, 6.45) is 0.897. The van der Waals surface area contributed by atoms with Crippen molar-refractivity contribution in [3.05, 3.63) is 35.4 Å². The standard InChI is InChI=1S/C18H30N4O2/c1-4-19-18(21-10-7-13-24-5-2)22-12-11-20-17(23)16-9-6-8-15(3)14-16/h6,8-9,14H,4-5,7,10-13H2,1-3H3,(H,20,23)(H2,19,21,22). The Labute approximate surface area is 145 Å². The molecule has 1 rings (SSSR count). The molecule has 0 saturated heterocycles. The Hall–Kier alpha value is -2.08. The molecule has 134 valence electrons. The number of hydrogen-bond acceptors (Lipinski definition) is 3. The van der Waals surface area contributed by atoms with Crippen LogP contribution in [0.15, 0.2) is 29.3 Å². The number of aryl methyl sites for hydroxylation is 1. The number of carbonyl (C=O) groups is 1. The summed E-state index contributed by atoms with van der Waals surface area (Å²) in [5.41, 5.74) is 1.76. The van der Waals surface area contributed by atoms with Crippen molar-refractivity contribution in [2.75, 3.05) is 39.4 Å². The second-order valence-corrected chi connectivity index (χ2v) is 5.36. The molecule has 0 aliphatic rings. The van der Waals surface area contributed by atoms with E-state index in [1.54, 1.807) is 0 Å². The van der Waals surface area contributed by atoms with Gasteiger partial charge in [-0.15, -0.1) is 0 Å². The van der Waals surface area contributed by atoms with E-state index in [2.05, 4.69) is 20.9 Å². The zero-order valence-electron chi connectivity index (χ0n) is 15.0. The normalized spacial score (nSPS) is 11.2. The highest BCUT2D eigenvalue weighted by Crippen LogP contribution is 2.03. The zero-order valence-corrected chi connectivity index (χ0v) is 15.0. The molecular weight excluding hydrogens is 304 g/mol. The van der Waals surface area contributed by atoms with Crippen molar-refractivity contribution >= 4 is 11.9 Å². The third-order valence-corrected chi connectivity index (χ3v) is 3.25. The maximum absolute atomic E-state index is 12.0. The van der Waals surface area contributed by atoms with E-state index in [9.17, 15) is 4.79 Å². The first-order chi connectivity index (χ1) is 11.7. The van der Waals surface area contributed by atoms with Gasteiger partial charge in [-0.05, 0) is 39.3 Å². The first kappa shape index (κ1) is 20.0. The number of benzene rings is 1. The molecule has 6 nitrogen and oxygen atoms in total. The van der Waals surface area contributed by atoms with Gasteiger partial charge in [-0.1, -0.05) is 17.7 Å². The SMILES string of the molecule is CCNC(=NCCCOCC)NCCNC(=O)c1cccc(C)c1. The molecular formula is C18H30N4O2. The average molecular weight is 334 g/mol. The summed E-state index contributed by atoms with van der Waals surface area (Å²) in [5.74, 6) is 0.706. The Balaban J connectivity index is 2.29. The van der Waals surface area contributed by atoms with Gasteiger partial charge in [0.25, 0.3) is 5.91 Å². The maximum Gasteiger partial charge on any atom is 0.251 e. The van der Waals surface area contributed by atoms with Gasteiger partial charge in [0.15, 0.2) is 5.96 Å². The van der Waals surface area contributed by atoms with E-state index in [-0.39, 0.29) is 5.91 Å². The second kappa shape index (κ2) is 12.4. The van der Waals surface area contributed by atoms with E-state index in [0.29, 0.717) is 25.2 Å². The van der Waals surface area contributed by atoms with Gasteiger partial charge in [-0.2, -0.15) is 0 Å². The van der Waals surface area contributed by atoms with Crippen molar-refractivity contribution in [2.24, 2.45) is 4.99 Å². The molecule has 0 saturated carbocycles. The third kappa shape index (κ3) is 8.53.